The number of alkyl halides is 3. The van der Waals surface area contributed by atoms with Gasteiger partial charge in [0.2, 0.25) is 0 Å². The maximum Gasteiger partial charge on any atom is 0.416 e. The lowest BCUT2D eigenvalue weighted by Gasteiger charge is -2.34. The van der Waals surface area contributed by atoms with E-state index < -0.39 is 11.7 Å². The number of hydrogen-bond acceptors (Lipinski definition) is 3. The quantitative estimate of drug-likeness (QED) is 0.811. The van der Waals surface area contributed by atoms with Gasteiger partial charge >= 0.3 is 6.18 Å². The summed E-state index contributed by atoms with van der Waals surface area (Å²) >= 11 is 0. The van der Waals surface area contributed by atoms with Crippen LogP contribution in [0.25, 0.3) is 0 Å². The SMILES string of the molecule is CC1CNCCN1Cc1cc(N)cc(C(F)(F)F)c1. The first-order valence-electron chi connectivity index (χ1n) is 6.27. The molecule has 0 amide bonds. The van der Waals surface area contributed by atoms with Crippen LogP contribution in [0.4, 0.5) is 18.9 Å². The van der Waals surface area contributed by atoms with Gasteiger partial charge in [-0.1, -0.05) is 0 Å². The van der Waals surface area contributed by atoms with Crippen molar-refractivity contribution in [3.8, 4) is 0 Å². The second kappa shape index (κ2) is 5.38. The van der Waals surface area contributed by atoms with Gasteiger partial charge in [-0.3, -0.25) is 4.90 Å². The van der Waals surface area contributed by atoms with Gasteiger partial charge in [-0.25, -0.2) is 0 Å². The van der Waals surface area contributed by atoms with E-state index in [1.54, 1.807) is 6.07 Å². The summed E-state index contributed by atoms with van der Waals surface area (Å²) in [5, 5.41) is 3.25. The molecule has 2 rings (SSSR count). The summed E-state index contributed by atoms with van der Waals surface area (Å²) in [5.74, 6) is 0. The molecule has 1 atom stereocenters. The van der Waals surface area contributed by atoms with Crippen LogP contribution >= 0.6 is 0 Å². The molecule has 106 valence electrons. The molecule has 1 heterocycles. The average molecular weight is 273 g/mol. The lowest BCUT2D eigenvalue weighted by molar-refractivity contribution is -0.137. The number of hydrogen-bond donors (Lipinski definition) is 2. The molecule has 1 aliphatic heterocycles. The number of benzene rings is 1. The Balaban J connectivity index is 2.18. The summed E-state index contributed by atoms with van der Waals surface area (Å²) in [6.45, 7) is 5.10. The van der Waals surface area contributed by atoms with E-state index in [0.717, 1.165) is 25.7 Å². The summed E-state index contributed by atoms with van der Waals surface area (Å²) in [7, 11) is 0. The fourth-order valence-electron chi connectivity index (χ4n) is 2.33. The number of nitrogens with one attached hydrogen (secondary N) is 1. The molecule has 3 nitrogen and oxygen atoms in total. The van der Waals surface area contributed by atoms with Gasteiger partial charge in [0.25, 0.3) is 0 Å². The smallest absolute Gasteiger partial charge is 0.399 e. The molecule has 1 aromatic carbocycles. The van der Waals surface area contributed by atoms with Crippen LogP contribution in [0.2, 0.25) is 0 Å². The van der Waals surface area contributed by atoms with Gasteiger partial charge in [0.15, 0.2) is 0 Å². The van der Waals surface area contributed by atoms with Gasteiger partial charge in [-0.05, 0) is 30.7 Å². The second-order valence-corrected chi connectivity index (χ2v) is 4.98. The molecule has 3 N–H and O–H groups in total. The highest BCUT2D eigenvalue weighted by atomic mass is 19.4. The molecule has 19 heavy (non-hydrogen) atoms. The largest absolute Gasteiger partial charge is 0.416 e. The van der Waals surface area contributed by atoms with Crippen molar-refractivity contribution in [3.05, 3.63) is 29.3 Å². The van der Waals surface area contributed by atoms with Crippen LogP contribution in [-0.2, 0) is 12.7 Å². The highest BCUT2D eigenvalue weighted by molar-refractivity contribution is 5.45. The second-order valence-electron chi connectivity index (χ2n) is 4.98. The molecule has 1 aromatic rings. The standard InChI is InChI=1S/C13H18F3N3/c1-9-7-18-2-3-19(9)8-10-4-11(13(14,15)16)6-12(17)5-10/h4-6,9,18H,2-3,7-8,17H2,1H3. The van der Waals surface area contributed by atoms with Crippen LogP contribution < -0.4 is 11.1 Å². The molecule has 6 heteroatoms. The van der Waals surface area contributed by atoms with E-state index in [9.17, 15) is 13.2 Å². The first-order chi connectivity index (χ1) is 8.86. The number of nitrogens with two attached hydrogens (primary N) is 1. The van der Waals surface area contributed by atoms with Crippen LogP contribution in [0.5, 0.6) is 0 Å². The summed E-state index contributed by atoms with van der Waals surface area (Å²) in [6.07, 6.45) is -4.35. The van der Waals surface area contributed by atoms with E-state index in [1.165, 1.54) is 6.07 Å². The topological polar surface area (TPSA) is 41.3 Å². The molecule has 0 saturated carbocycles. The number of piperazine rings is 1. The van der Waals surface area contributed by atoms with Crippen molar-refractivity contribution in [2.75, 3.05) is 25.4 Å². The third-order valence-corrected chi connectivity index (χ3v) is 3.37. The normalized spacial score (nSPS) is 21.6. The Morgan fingerprint density at radius 2 is 2.11 bits per heavy atom. The van der Waals surface area contributed by atoms with E-state index in [-0.39, 0.29) is 5.69 Å². The number of nitrogen functional groups attached to an aromatic ring is 1. The van der Waals surface area contributed by atoms with Crippen molar-refractivity contribution in [2.45, 2.75) is 25.7 Å². The molecule has 0 spiro atoms. The van der Waals surface area contributed by atoms with Crippen LogP contribution in [0.3, 0.4) is 0 Å². The number of nitrogens with zero attached hydrogens (tertiary/aromatic N) is 1. The minimum absolute atomic E-state index is 0.160. The van der Waals surface area contributed by atoms with Crippen molar-refractivity contribution in [1.29, 1.82) is 0 Å². The molecule has 0 aliphatic carbocycles. The van der Waals surface area contributed by atoms with Gasteiger partial charge < -0.3 is 11.1 Å². The molecule has 0 aromatic heterocycles. The Morgan fingerprint density at radius 3 is 2.74 bits per heavy atom. The van der Waals surface area contributed by atoms with E-state index in [1.807, 2.05) is 0 Å². The molecule has 0 radical (unpaired) electrons. The summed E-state index contributed by atoms with van der Waals surface area (Å²) in [4.78, 5) is 2.16. The zero-order chi connectivity index (χ0) is 14.0. The Bertz CT molecular complexity index is 445. The van der Waals surface area contributed by atoms with Crippen LogP contribution in [0.15, 0.2) is 18.2 Å². The Morgan fingerprint density at radius 1 is 1.37 bits per heavy atom. The predicted molar refractivity (Wildman–Crippen MR) is 68.6 cm³/mol. The van der Waals surface area contributed by atoms with Crippen molar-refractivity contribution in [2.24, 2.45) is 0 Å². The molecule has 1 aliphatic rings. The summed E-state index contributed by atoms with van der Waals surface area (Å²) < 4.78 is 38.2. The first-order valence-corrected chi connectivity index (χ1v) is 6.27. The molecular formula is C13H18F3N3. The van der Waals surface area contributed by atoms with Crippen molar-refractivity contribution in [3.63, 3.8) is 0 Å². The van der Waals surface area contributed by atoms with Crippen molar-refractivity contribution in [1.82, 2.24) is 10.2 Å². The maximum absolute atomic E-state index is 12.7. The molecular weight excluding hydrogens is 255 g/mol. The van der Waals surface area contributed by atoms with E-state index in [2.05, 4.69) is 17.1 Å². The molecule has 1 unspecified atom stereocenters. The fourth-order valence-corrected chi connectivity index (χ4v) is 2.33. The van der Waals surface area contributed by atoms with E-state index >= 15 is 0 Å². The zero-order valence-electron chi connectivity index (χ0n) is 10.8. The van der Waals surface area contributed by atoms with Crippen LogP contribution in [0, 0.1) is 0 Å². The number of anilines is 1. The lowest BCUT2D eigenvalue weighted by Crippen LogP contribution is -2.49. The molecule has 0 bridgehead atoms. The first kappa shape index (κ1) is 14.1. The number of halogens is 3. The van der Waals surface area contributed by atoms with Crippen LogP contribution in [0.1, 0.15) is 18.1 Å². The minimum atomic E-state index is -4.35. The Labute approximate surface area is 110 Å². The fraction of sp³-hybridized carbons (Fsp3) is 0.538. The monoisotopic (exact) mass is 273 g/mol. The Hall–Kier alpha value is -1.27. The third kappa shape index (κ3) is 3.61. The summed E-state index contributed by atoms with van der Waals surface area (Å²) in [5.41, 5.74) is 5.66. The predicted octanol–water partition coefficient (Wildman–Crippen LogP) is 2.08. The Kier molecular flexibility index (Phi) is 4.01. The molecule has 1 saturated heterocycles. The van der Waals surface area contributed by atoms with Gasteiger partial charge in [-0.2, -0.15) is 13.2 Å². The minimum Gasteiger partial charge on any atom is -0.399 e. The maximum atomic E-state index is 12.7. The summed E-state index contributed by atoms with van der Waals surface area (Å²) in [6, 6.07) is 4.09. The van der Waals surface area contributed by atoms with Gasteiger partial charge in [-0.15, -0.1) is 0 Å². The molecule has 1 fully saturated rings. The zero-order valence-corrected chi connectivity index (χ0v) is 10.8. The number of rotatable bonds is 2. The van der Waals surface area contributed by atoms with Crippen molar-refractivity contribution >= 4 is 5.69 Å². The van der Waals surface area contributed by atoms with Crippen LogP contribution in [-0.4, -0.2) is 30.6 Å². The van der Waals surface area contributed by atoms with Gasteiger partial charge in [0, 0.05) is 37.9 Å². The van der Waals surface area contributed by atoms with Gasteiger partial charge in [0.1, 0.15) is 0 Å². The van der Waals surface area contributed by atoms with E-state index in [4.69, 9.17) is 5.73 Å². The van der Waals surface area contributed by atoms with Crippen molar-refractivity contribution < 1.29 is 13.2 Å². The highest BCUT2D eigenvalue weighted by Crippen LogP contribution is 2.31. The third-order valence-electron chi connectivity index (χ3n) is 3.37. The lowest BCUT2D eigenvalue weighted by atomic mass is 10.1. The van der Waals surface area contributed by atoms with E-state index in [0.29, 0.717) is 18.2 Å². The highest BCUT2D eigenvalue weighted by Gasteiger charge is 2.31. The van der Waals surface area contributed by atoms with Gasteiger partial charge in [0.05, 0.1) is 5.56 Å². The average Bonchev–Trinajstić information content (AvgIpc) is 2.30.